The number of esters is 1. The van der Waals surface area contributed by atoms with Gasteiger partial charge in [0.1, 0.15) is 11.5 Å². The van der Waals surface area contributed by atoms with Crippen molar-refractivity contribution in [2.24, 2.45) is 0 Å². The normalized spacial score (nSPS) is 10.6. The Morgan fingerprint density at radius 2 is 1.59 bits per heavy atom. The molecule has 0 atom stereocenters. The molecule has 3 rings (SSSR count). The van der Waals surface area contributed by atoms with Crippen LogP contribution in [0.15, 0.2) is 63.5 Å². The lowest BCUT2D eigenvalue weighted by atomic mass is 9.96. The molecular weight excluding hydrogens is 570 g/mol. The van der Waals surface area contributed by atoms with E-state index in [-0.39, 0.29) is 28.8 Å². The summed E-state index contributed by atoms with van der Waals surface area (Å²) in [7, 11) is 1.11. The third-order valence-electron chi connectivity index (χ3n) is 4.87. The molecule has 0 aliphatic carbocycles. The first kappa shape index (κ1) is 25.5. The monoisotopic (exact) mass is 589 g/mol. The summed E-state index contributed by atoms with van der Waals surface area (Å²) in [6.45, 7) is 3.84. The molecule has 0 unspecified atom stereocenters. The Morgan fingerprint density at radius 3 is 2.15 bits per heavy atom. The molecule has 0 aromatic heterocycles. The average Bonchev–Trinajstić information content (AvgIpc) is 2.81. The molecule has 34 heavy (non-hydrogen) atoms. The van der Waals surface area contributed by atoms with E-state index in [0.29, 0.717) is 31.5 Å². The lowest BCUT2D eigenvalue weighted by Gasteiger charge is -2.18. The van der Waals surface area contributed by atoms with Crippen LogP contribution in [0, 0.1) is 0 Å². The van der Waals surface area contributed by atoms with Gasteiger partial charge in [-0.3, -0.25) is 9.59 Å². The molecule has 2 N–H and O–H groups in total. The Hall–Kier alpha value is -3.17. The summed E-state index contributed by atoms with van der Waals surface area (Å²) in [4.78, 5) is 36.4. The van der Waals surface area contributed by atoms with Crippen LogP contribution in [-0.4, -0.2) is 29.9 Å². The van der Waals surface area contributed by atoms with Crippen molar-refractivity contribution in [2.75, 3.05) is 12.4 Å². The molecule has 9 heteroatoms. The van der Waals surface area contributed by atoms with Crippen molar-refractivity contribution < 1.29 is 29.0 Å². The number of methoxy groups -OCH3 is 1. The second-order valence-corrected chi connectivity index (χ2v) is 9.28. The van der Waals surface area contributed by atoms with Crippen molar-refractivity contribution in [1.82, 2.24) is 0 Å². The third kappa shape index (κ3) is 5.66. The molecule has 0 radical (unpaired) electrons. The number of phenols is 1. The lowest BCUT2D eigenvalue weighted by Crippen LogP contribution is -2.23. The SMILES string of the molecule is COC(=O)C(=O)Nc1cc(Br)c(Oc2cc(C(C)C)c(O)cc2C(=O)c2ccccc2)c(Br)c1. The predicted octanol–water partition coefficient (Wildman–Crippen LogP) is 6.18. The van der Waals surface area contributed by atoms with Crippen molar-refractivity contribution in [3.05, 3.63) is 80.2 Å². The largest absolute Gasteiger partial charge is 0.508 e. The molecule has 0 aliphatic heterocycles. The van der Waals surface area contributed by atoms with Crippen LogP contribution in [0.4, 0.5) is 5.69 Å². The maximum Gasteiger partial charge on any atom is 0.396 e. The summed E-state index contributed by atoms with van der Waals surface area (Å²) in [6, 6.07) is 14.8. The summed E-state index contributed by atoms with van der Waals surface area (Å²) in [5.74, 6) is -1.70. The van der Waals surface area contributed by atoms with Crippen molar-refractivity contribution in [3.63, 3.8) is 0 Å². The van der Waals surface area contributed by atoms with E-state index in [9.17, 15) is 19.5 Å². The summed E-state index contributed by atoms with van der Waals surface area (Å²) < 4.78 is 11.5. The summed E-state index contributed by atoms with van der Waals surface area (Å²) >= 11 is 6.82. The lowest BCUT2D eigenvalue weighted by molar-refractivity contribution is -0.150. The zero-order valence-electron chi connectivity index (χ0n) is 18.5. The number of phenolic OH excluding ortho intramolecular Hbond substituents is 1. The molecule has 0 bridgehead atoms. The van der Waals surface area contributed by atoms with Gasteiger partial charge in [-0.05, 0) is 62.0 Å². The Bertz CT molecular complexity index is 1230. The van der Waals surface area contributed by atoms with Gasteiger partial charge in [0.25, 0.3) is 0 Å². The van der Waals surface area contributed by atoms with Crippen LogP contribution in [0.2, 0.25) is 0 Å². The van der Waals surface area contributed by atoms with E-state index < -0.39 is 11.9 Å². The number of halogens is 2. The van der Waals surface area contributed by atoms with Crippen molar-refractivity contribution >= 4 is 55.2 Å². The van der Waals surface area contributed by atoms with E-state index in [0.717, 1.165) is 7.11 Å². The first-order chi connectivity index (χ1) is 16.1. The Labute approximate surface area is 213 Å². The minimum Gasteiger partial charge on any atom is -0.508 e. The van der Waals surface area contributed by atoms with Crippen molar-refractivity contribution in [1.29, 1.82) is 0 Å². The smallest absolute Gasteiger partial charge is 0.396 e. The van der Waals surface area contributed by atoms with E-state index in [2.05, 4.69) is 41.9 Å². The number of nitrogens with one attached hydrogen (secondary N) is 1. The molecule has 3 aromatic carbocycles. The number of ether oxygens (including phenoxy) is 2. The van der Waals surface area contributed by atoms with Gasteiger partial charge in [-0.15, -0.1) is 0 Å². The van der Waals surface area contributed by atoms with Gasteiger partial charge in [0.2, 0.25) is 0 Å². The topological polar surface area (TPSA) is 102 Å². The number of rotatable bonds is 6. The van der Waals surface area contributed by atoms with Crippen LogP contribution in [0.3, 0.4) is 0 Å². The van der Waals surface area contributed by atoms with E-state index in [4.69, 9.17) is 4.74 Å². The van der Waals surface area contributed by atoms with E-state index in [1.807, 2.05) is 19.9 Å². The second-order valence-electron chi connectivity index (χ2n) is 7.57. The van der Waals surface area contributed by atoms with Gasteiger partial charge in [0.15, 0.2) is 11.5 Å². The van der Waals surface area contributed by atoms with E-state index in [1.165, 1.54) is 6.07 Å². The first-order valence-electron chi connectivity index (χ1n) is 10.1. The van der Waals surface area contributed by atoms with Gasteiger partial charge in [-0.1, -0.05) is 44.2 Å². The highest BCUT2D eigenvalue weighted by atomic mass is 79.9. The zero-order valence-corrected chi connectivity index (χ0v) is 21.7. The fourth-order valence-electron chi connectivity index (χ4n) is 3.17. The molecule has 176 valence electrons. The average molecular weight is 591 g/mol. The standard InChI is InChI=1S/C25H21Br2NO6/c1-13(2)16-12-21(17(11-20(16)29)22(30)14-7-5-4-6-8-14)34-23-18(26)9-15(10-19(23)27)28-24(31)25(32)33-3/h4-13,29H,1-3H3,(H,28,31). The molecule has 0 aliphatic rings. The van der Waals surface area contributed by atoms with Gasteiger partial charge in [0, 0.05) is 16.8 Å². The van der Waals surface area contributed by atoms with Gasteiger partial charge >= 0.3 is 11.9 Å². The van der Waals surface area contributed by atoms with Gasteiger partial charge in [0.05, 0.1) is 21.6 Å². The maximum absolute atomic E-state index is 13.2. The highest BCUT2D eigenvalue weighted by Crippen LogP contribution is 2.42. The first-order valence-corrected chi connectivity index (χ1v) is 11.7. The number of hydrogen-bond acceptors (Lipinski definition) is 6. The number of benzene rings is 3. The summed E-state index contributed by atoms with van der Waals surface area (Å²) in [6.07, 6.45) is 0. The molecule has 0 saturated heterocycles. The Morgan fingerprint density at radius 1 is 0.971 bits per heavy atom. The van der Waals surface area contributed by atoms with Crippen LogP contribution < -0.4 is 10.1 Å². The minimum absolute atomic E-state index is 0.000586. The molecule has 3 aromatic rings. The molecule has 0 saturated carbocycles. The number of carbonyl (C=O) groups is 3. The van der Waals surface area contributed by atoms with Crippen LogP contribution in [0.1, 0.15) is 41.3 Å². The molecule has 0 spiro atoms. The zero-order chi connectivity index (χ0) is 25.0. The fourth-order valence-corrected chi connectivity index (χ4v) is 4.52. The Kier molecular flexibility index (Phi) is 8.11. The molecule has 7 nitrogen and oxygen atoms in total. The number of amides is 1. The molecule has 0 fully saturated rings. The predicted molar refractivity (Wildman–Crippen MR) is 135 cm³/mol. The summed E-state index contributed by atoms with van der Waals surface area (Å²) in [5, 5.41) is 13.0. The maximum atomic E-state index is 13.2. The van der Waals surface area contributed by atoms with E-state index >= 15 is 0 Å². The molecular formula is C25H21Br2NO6. The Balaban J connectivity index is 2.04. The third-order valence-corrected chi connectivity index (χ3v) is 6.05. The van der Waals surface area contributed by atoms with Crippen molar-refractivity contribution in [2.45, 2.75) is 19.8 Å². The number of carbonyl (C=O) groups excluding carboxylic acids is 3. The number of hydrogen-bond donors (Lipinski definition) is 2. The quantitative estimate of drug-likeness (QED) is 0.202. The fraction of sp³-hybridized carbons (Fsp3) is 0.160. The second kappa shape index (κ2) is 10.8. The van der Waals surface area contributed by atoms with Crippen LogP contribution in [-0.2, 0) is 14.3 Å². The minimum atomic E-state index is -1.03. The van der Waals surface area contributed by atoms with Gasteiger partial charge in [-0.25, -0.2) is 4.79 Å². The van der Waals surface area contributed by atoms with E-state index in [1.54, 1.807) is 42.5 Å². The molecule has 1 amide bonds. The van der Waals surface area contributed by atoms with Crippen LogP contribution >= 0.6 is 31.9 Å². The van der Waals surface area contributed by atoms with Crippen LogP contribution in [0.5, 0.6) is 17.2 Å². The van der Waals surface area contributed by atoms with Crippen LogP contribution in [0.25, 0.3) is 0 Å². The number of anilines is 1. The van der Waals surface area contributed by atoms with Gasteiger partial charge in [-0.2, -0.15) is 0 Å². The molecule has 0 heterocycles. The number of ketones is 1. The summed E-state index contributed by atoms with van der Waals surface area (Å²) in [5.41, 5.74) is 1.57. The highest BCUT2D eigenvalue weighted by Gasteiger charge is 2.22. The van der Waals surface area contributed by atoms with Crippen molar-refractivity contribution in [3.8, 4) is 17.2 Å². The van der Waals surface area contributed by atoms with Gasteiger partial charge < -0.3 is 19.9 Å². The number of aromatic hydroxyl groups is 1. The highest BCUT2D eigenvalue weighted by molar-refractivity contribution is 9.11.